The van der Waals surface area contributed by atoms with Gasteiger partial charge in [0.1, 0.15) is 0 Å². The Morgan fingerprint density at radius 2 is 0.818 bits per heavy atom. The van der Waals surface area contributed by atoms with Crippen molar-refractivity contribution < 1.29 is 45.1 Å². The minimum atomic E-state index is -1.18. The molecule has 0 aliphatic carbocycles. The Balaban J connectivity index is 0. The quantitative estimate of drug-likeness (QED) is 0.298. The van der Waals surface area contributed by atoms with E-state index in [-0.39, 0.29) is 25.0 Å². The molecule has 0 spiro atoms. The van der Waals surface area contributed by atoms with E-state index in [4.69, 9.17) is 20.4 Å². The summed E-state index contributed by atoms with van der Waals surface area (Å²) in [7, 11) is 0. The van der Waals surface area contributed by atoms with Crippen molar-refractivity contribution in [2.24, 2.45) is 0 Å². The molecule has 0 atom stereocenters. The van der Waals surface area contributed by atoms with Crippen LogP contribution in [-0.2, 0) is 19.2 Å². The fraction of sp³-hybridized carbons (Fsp3) is 0.636. The van der Waals surface area contributed by atoms with Crippen LogP contribution in [-0.4, -0.2) is 98.8 Å². The van der Waals surface area contributed by atoms with Gasteiger partial charge < -0.3 is 25.9 Å². The van der Waals surface area contributed by atoms with E-state index in [0.29, 0.717) is 0 Å². The average molecular weight is 324 g/mol. The van der Waals surface area contributed by atoms with Crippen LogP contribution in [0.5, 0.6) is 0 Å². The monoisotopic (exact) mass is 324 g/mol. The fourth-order valence-electron chi connectivity index (χ4n) is 1.71. The first-order valence-electron chi connectivity index (χ1n) is 6.02. The minimum Gasteiger partial charge on any atom is -0.480 e. The molecule has 0 fully saturated rings. The Hall–Kier alpha value is -2.24. The maximum atomic E-state index is 10.6. The van der Waals surface area contributed by atoms with Crippen LogP contribution in [0.25, 0.3) is 0 Å². The highest BCUT2D eigenvalue weighted by Gasteiger charge is 2.16. The molecule has 0 aromatic rings. The van der Waals surface area contributed by atoms with Crippen LogP contribution in [0.2, 0.25) is 0 Å². The minimum absolute atomic E-state index is 0. The summed E-state index contributed by atoms with van der Waals surface area (Å²) in [6.45, 7) is -1.61. The molecule has 22 heavy (non-hydrogen) atoms. The van der Waals surface area contributed by atoms with Crippen molar-refractivity contribution in [3.8, 4) is 0 Å². The van der Waals surface area contributed by atoms with Crippen LogP contribution >= 0.6 is 0 Å². The van der Waals surface area contributed by atoms with Crippen LogP contribution in [0.1, 0.15) is 6.42 Å². The Morgan fingerprint density at radius 3 is 1.00 bits per heavy atom. The van der Waals surface area contributed by atoms with E-state index < -0.39 is 50.1 Å². The fourth-order valence-corrected chi connectivity index (χ4v) is 1.71. The molecular weight excluding hydrogens is 304 g/mol. The van der Waals surface area contributed by atoms with Gasteiger partial charge in [0.05, 0.1) is 26.2 Å². The van der Waals surface area contributed by atoms with Gasteiger partial charge in [-0.3, -0.25) is 29.0 Å². The van der Waals surface area contributed by atoms with Gasteiger partial charge in [-0.25, -0.2) is 0 Å². The molecule has 0 bridgehead atoms. The van der Waals surface area contributed by atoms with Gasteiger partial charge >= 0.3 is 23.9 Å². The lowest BCUT2D eigenvalue weighted by Crippen LogP contribution is -2.39. The number of rotatable bonds is 12. The third-order valence-corrected chi connectivity index (χ3v) is 2.38. The SMILES string of the molecule is O.O=C(O)CN(CCCN(CC(=O)O)CC(=O)O)CC(=O)O. The standard InChI is InChI=1S/C11H18N2O8.H2O/c14-8(15)4-12(5-9(16)17)2-1-3-13(6-10(18)19)7-11(20)21;/h1-7H2,(H,14,15)(H,16,17)(H,18,19)(H,20,21);1H2. The maximum Gasteiger partial charge on any atom is 0.317 e. The number of hydrogen-bond acceptors (Lipinski definition) is 6. The maximum absolute atomic E-state index is 10.6. The summed E-state index contributed by atoms with van der Waals surface area (Å²) in [4.78, 5) is 44.7. The Kier molecular flexibility index (Phi) is 11.4. The molecule has 0 rings (SSSR count). The number of carboxylic acid groups (broad SMARTS) is 4. The van der Waals surface area contributed by atoms with E-state index in [2.05, 4.69) is 0 Å². The molecule has 0 aliphatic rings. The van der Waals surface area contributed by atoms with Crippen molar-refractivity contribution in [2.75, 3.05) is 39.3 Å². The summed E-state index contributed by atoms with van der Waals surface area (Å²) in [5.74, 6) is -4.71. The zero-order valence-electron chi connectivity index (χ0n) is 11.8. The second kappa shape index (κ2) is 11.4. The first-order valence-corrected chi connectivity index (χ1v) is 6.02. The number of aliphatic carboxylic acids is 4. The lowest BCUT2D eigenvalue weighted by atomic mass is 10.3. The Morgan fingerprint density at radius 1 is 0.591 bits per heavy atom. The third kappa shape index (κ3) is 12.8. The van der Waals surface area contributed by atoms with Gasteiger partial charge in [-0.05, 0) is 6.42 Å². The van der Waals surface area contributed by atoms with Crippen LogP contribution in [0.3, 0.4) is 0 Å². The third-order valence-electron chi connectivity index (χ3n) is 2.38. The smallest absolute Gasteiger partial charge is 0.317 e. The molecule has 0 aromatic carbocycles. The van der Waals surface area contributed by atoms with Crippen molar-refractivity contribution in [3.05, 3.63) is 0 Å². The molecule has 0 saturated heterocycles. The molecule has 128 valence electrons. The molecule has 0 heterocycles. The summed E-state index contributed by atoms with van der Waals surface area (Å²) >= 11 is 0. The van der Waals surface area contributed by atoms with E-state index >= 15 is 0 Å². The first kappa shape index (κ1) is 22.0. The predicted molar refractivity (Wildman–Crippen MR) is 71.7 cm³/mol. The highest BCUT2D eigenvalue weighted by Crippen LogP contribution is 1.97. The van der Waals surface area contributed by atoms with Gasteiger partial charge in [-0.15, -0.1) is 0 Å². The molecule has 0 unspecified atom stereocenters. The molecular formula is C11H20N2O9. The highest BCUT2D eigenvalue weighted by atomic mass is 16.4. The number of nitrogens with zero attached hydrogens (tertiary/aromatic N) is 2. The largest absolute Gasteiger partial charge is 0.480 e. The summed E-state index contributed by atoms with van der Waals surface area (Å²) in [6, 6.07) is 0. The van der Waals surface area contributed by atoms with Gasteiger partial charge in [0.25, 0.3) is 0 Å². The van der Waals surface area contributed by atoms with Gasteiger partial charge in [0.2, 0.25) is 0 Å². The Bertz CT molecular complexity index is 331. The molecule has 6 N–H and O–H groups in total. The number of carboxylic acids is 4. The molecule has 0 amide bonds. The first-order chi connectivity index (χ1) is 9.70. The second-order valence-electron chi connectivity index (χ2n) is 4.35. The Labute approximate surface area is 125 Å². The van der Waals surface area contributed by atoms with E-state index in [1.165, 1.54) is 9.80 Å². The van der Waals surface area contributed by atoms with Gasteiger partial charge in [-0.1, -0.05) is 0 Å². The molecule has 0 radical (unpaired) electrons. The summed E-state index contributed by atoms with van der Waals surface area (Å²) < 4.78 is 0. The van der Waals surface area contributed by atoms with Crippen LogP contribution in [0.15, 0.2) is 0 Å². The summed E-state index contributed by atoms with van der Waals surface area (Å²) in [5.41, 5.74) is 0. The van der Waals surface area contributed by atoms with Crippen molar-refractivity contribution >= 4 is 23.9 Å². The number of hydrogen-bond donors (Lipinski definition) is 4. The van der Waals surface area contributed by atoms with Crippen LogP contribution < -0.4 is 0 Å². The topological polar surface area (TPSA) is 187 Å². The van der Waals surface area contributed by atoms with Crippen molar-refractivity contribution in [3.63, 3.8) is 0 Å². The summed E-state index contributed by atoms with van der Waals surface area (Å²) in [6.07, 6.45) is 0.251. The lowest BCUT2D eigenvalue weighted by molar-refractivity contribution is -0.143. The van der Waals surface area contributed by atoms with Crippen molar-refractivity contribution in [2.45, 2.75) is 6.42 Å². The van der Waals surface area contributed by atoms with E-state index in [0.717, 1.165) is 0 Å². The molecule has 0 aliphatic heterocycles. The number of carbonyl (C=O) groups is 4. The van der Waals surface area contributed by atoms with E-state index in [1.54, 1.807) is 0 Å². The van der Waals surface area contributed by atoms with Crippen molar-refractivity contribution in [1.29, 1.82) is 0 Å². The van der Waals surface area contributed by atoms with Crippen LogP contribution in [0, 0.1) is 0 Å². The molecule has 11 heteroatoms. The molecule has 11 nitrogen and oxygen atoms in total. The van der Waals surface area contributed by atoms with Crippen molar-refractivity contribution in [1.82, 2.24) is 9.80 Å². The zero-order chi connectivity index (χ0) is 16.4. The van der Waals surface area contributed by atoms with Gasteiger partial charge in [-0.2, -0.15) is 0 Å². The van der Waals surface area contributed by atoms with Gasteiger partial charge in [0, 0.05) is 13.1 Å². The molecule has 0 saturated carbocycles. The highest BCUT2D eigenvalue weighted by molar-refractivity contribution is 5.73. The van der Waals surface area contributed by atoms with E-state index in [1.807, 2.05) is 0 Å². The lowest BCUT2D eigenvalue weighted by Gasteiger charge is -2.21. The predicted octanol–water partition coefficient (Wildman–Crippen LogP) is -2.51. The summed E-state index contributed by atoms with van der Waals surface area (Å²) in [5, 5.41) is 34.6. The van der Waals surface area contributed by atoms with Crippen LogP contribution in [0.4, 0.5) is 0 Å². The zero-order valence-corrected chi connectivity index (χ0v) is 11.8. The molecule has 0 aromatic heterocycles. The normalized spacial score (nSPS) is 10.3. The second-order valence-corrected chi connectivity index (χ2v) is 4.35. The van der Waals surface area contributed by atoms with Gasteiger partial charge in [0.15, 0.2) is 0 Å². The average Bonchev–Trinajstić information content (AvgIpc) is 2.24. The van der Waals surface area contributed by atoms with E-state index in [9.17, 15) is 19.2 Å².